The Bertz CT molecular complexity index is 202. The third-order valence-electron chi connectivity index (χ3n) is 3.10. The van der Waals surface area contributed by atoms with Crippen LogP contribution in [-0.4, -0.2) is 17.9 Å². The Kier molecular flexibility index (Phi) is 4.04. The average molecular weight is 224 g/mol. The summed E-state index contributed by atoms with van der Waals surface area (Å²) in [5.74, 6) is 0. The van der Waals surface area contributed by atoms with Crippen LogP contribution in [-0.2, 0) is 4.74 Å². The molecule has 0 radical (unpaired) electrons. The summed E-state index contributed by atoms with van der Waals surface area (Å²) in [6.07, 6.45) is 0.114. The van der Waals surface area contributed by atoms with Crippen molar-refractivity contribution in [1.29, 1.82) is 0 Å². The Morgan fingerprint density at radius 3 is 2.47 bits per heavy atom. The van der Waals surface area contributed by atoms with E-state index in [2.05, 4.69) is 6.92 Å². The van der Waals surface area contributed by atoms with Crippen molar-refractivity contribution in [3.8, 4) is 0 Å². The molecule has 0 aromatic carbocycles. The van der Waals surface area contributed by atoms with Crippen molar-refractivity contribution in [3.05, 3.63) is 0 Å². The zero-order valence-electron chi connectivity index (χ0n) is 9.36. The number of hydrogen-bond acceptors (Lipinski definition) is 1. The second-order valence-corrected chi connectivity index (χ2v) is 4.50. The molecule has 1 heterocycles. The highest BCUT2D eigenvalue weighted by molar-refractivity contribution is 4.91. The number of hydrogen-bond donors (Lipinski definition) is 0. The van der Waals surface area contributed by atoms with Crippen LogP contribution in [0.2, 0.25) is 0 Å². The molecule has 1 fully saturated rings. The number of unbranched alkanes of at least 4 members (excludes halogenated alkanes) is 2. The van der Waals surface area contributed by atoms with E-state index in [4.69, 9.17) is 4.74 Å². The summed E-state index contributed by atoms with van der Waals surface area (Å²) in [5, 5.41) is 0. The van der Waals surface area contributed by atoms with Crippen LogP contribution in [0.5, 0.6) is 0 Å². The second-order valence-electron chi connectivity index (χ2n) is 4.50. The first kappa shape index (κ1) is 12.8. The third-order valence-corrected chi connectivity index (χ3v) is 3.10. The summed E-state index contributed by atoms with van der Waals surface area (Å²) < 4.78 is 42.9. The normalized spacial score (nSPS) is 32.2. The van der Waals surface area contributed by atoms with Crippen molar-refractivity contribution >= 4 is 0 Å². The van der Waals surface area contributed by atoms with Crippen LogP contribution < -0.4 is 0 Å². The number of halogens is 3. The van der Waals surface area contributed by atoms with Gasteiger partial charge in [0.15, 0.2) is 5.60 Å². The van der Waals surface area contributed by atoms with E-state index in [1.54, 1.807) is 0 Å². The van der Waals surface area contributed by atoms with E-state index in [1.165, 1.54) is 0 Å². The van der Waals surface area contributed by atoms with Gasteiger partial charge in [-0.2, -0.15) is 13.2 Å². The fourth-order valence-corrected chi connectivity index (χ4v) is 1.96. The second kappa shape index (κ2) is 4.73. The van der Waals surface area contributed by atoms with Crippen LogP contribution in [0.15, 0.2) is 0 Å². The first-order valence-electron chi connectivity index (χ1n) is 5.63. The molecule has 0 saturated carbocycles. The Morgan fingerprint density at radius 1 is 1.33 bits per heavy atom. The predicted molar refractivity (Wildman–Crippen MR) is 52.7 cm³/mol. The average Bonchev–Trinajstić information content (AvgIpc) is 2.48. The van der Waals surface area contributed by atoms with Crippen LogP contribution >= 0.6 is 0 Å². The SMILES string of the molecule is CCCCCC1CCC(C)(C(F)(F)F)O1. The smallest absolute Gasteiger partial charge is 0.363 e. The molecule has 1 rings (SSSR count). The molecular weight excluding hydrogens is 205 g/mol. The molecule has 0 aromatic rings. The molecule has 1 saturated heterocycles. The minimum atomic E-state index is -4.23. The first-order chi connectivity index (χ1) is 6.89. The highest BCUT2D eigenvalue weighted by Gasteiger charge is 2.56. The third kappa shape index (κ3) is 3.10. The lowest BCUT2D eigenvalue weighted by Gasteiger charge is -2.27. The number of ether oxygens (including phenoxy) is 1. The van der Waals surface area contributed by atoms with Gasteiger partial charge in [0.25, 0.3) is 0 Å². The zero-order chi connectivity index (χ0) is 11.5. The lowest BCUT2D eigenvalue weighted by atomic mass is 10.0. The maximum atomic E-state index is 12.6. The van der Waals surface area contributed by atoms with E-state index in [1.807, 2.05) is 0 Å². The Balaban J connectivity index is 2.38. The summed E-state index contributed by atoms with van der Waals surface area (Å²) >= 11 is 0. The van der Waals surface area contributed by atoms with Gasteiger partial charge in [0.2, 0.25) is 0 Å². The molecule has 0 aliphatic carbocycles. The largest absolute Gasteiger partial charge is 0.417 e. The highest BCUT2D eigenvalue weighted by atomic mass is 19.4. The summed E-state index contributed by atoms with van der Waals surface area (Å²) in [6, 6.07) is 0. The van der Waals surface area contributed by atoms with E-state index >= 15 is 0 Å². The van der Waals surface area contributed by atoms with Crippen LogP contribution in [0, 0.1) is 0 Å². The highest BCUT2D eigenvalue weighted by Crippen LogP contribution is 2.43. The topological polar surface area (TPSA) is 9.23 Å². The molecule has 0 aromatic heterocycles. The lowest BCUT2D eigenvalue weighted by molar-refractivity contribution is -0.264. The zero-order valence-corrected chi connectivity index (χ0v) is 9.36. The van der Waals surface area contributed by atoms with E-state index in [0.29, 0.717) is 6.42 Å². The van der Waals surface area contributed by atoms with E-state index in [9.17, 15) is 13.2 Å². The Labute approximate surface area is 89.0 Å². The lowest BCUT2D eigenvalue weighted by Crippen LogP contribution is -2.42. The first-order valence-corrected chi connectivity index (χ1v) is 5.63. The molecule has 1 aliphatic rings. The van der Waals surface area contributed by atoms with Crippen molar-refractivity contribution in [3.63, 3.8) is 0 Å². The summed E-state index contributed by atoms with van der Waals surface area (Å²) in [6.45, 7) is 3.24. The fraction of sp³-hybridized carbons (Fsp3) is 1.00. The molecule has 0 spiro atoms. The minimum Gasteiger partial charge on any atom is -0.363 e. The van der Waals surface area contributed by atoms with Crippen molar-refractivity contribution in [1.82, 2.24) is 0 Å². The predicted octanol–water partition coefficient (Wildman–Crippen LogP) is 4.07. The quantitative estimate of drug-likeness (QED) is 0.654. The molecule has 15 heavy (non-hydrogen) atoms. The van der Waals surface area contributed by atoms with Crippen LogP contribution in [0.3, 0.4) is 0 Å². The molecule has 0 amide bonds. The van der Waals surface area contributed by atoms with Gasteiger partial charge in [0.05, 0.1) is 6.10 Å². The van der Waals surface area contributed by atoms with Gasteiger partial charge in [-0.05, 0) is 26.2 Å². The Morgan fingerprint density at radius 2 is 2.00 bits per heavy atom. The number of alkyl halides is 3. The summed E-state index contributed by atoms with van der Waals surface area (Å²) in [7, 11) is 0. The number of rotatable bonds is 4. The van der Waals surface area contributed by atoms with Gasteiger partial charge in [0.1, 0.15) is 0 Å². The standard InChI is InChI=1S/C11H19F3O/c1-3-4-5-6-9-7-8-10(2,15-9)11(12,13)14/h9H,3-8H2,1-2H3. The minimum absolute atomic E-state index is 0.104. The maximum absolute atomic E-state index is 12.6. The van der Waals surface area contributed by atoms with Gasteiger partial charge >= 0.3 is 6.18 Å². The van der Waals surface area contributed by atoms with Gasteiger partial charge in [-0.1, -0.05) is 26.2 Å². The van der Waals surface area contributed by atoms with Crippen molar-refractivity contribution < 1.29 is 17.9 Å². The van der Waals surface area contributed by atoms with Gasteiger partial charge in [-0.15, -0.1) is 0 Å². The van der Waals surface area contributed by atoms with Crippen LogP contribution in [0.4, 0.5) is 13.2 Å². The van der Waals surface area contributed by atoms with Crippen LogP contribution in [0.25, 0.3) is 0 Å². The summed E-state index contributed by atoms with van der Waals surface area (Å²) in [5.41, 5.74) is -1.90. The van der Waals surface area contributed by atoms with Crippen molar-refractivity contribution in [2.45, 2.75) is 70.3 Å². The summed E-state index contributed by atoms with van der Waals surface area (Å²) in [4.78, 5) is 0. The monoisotopic (exact) mass is 224 g/mol. The van der Waals surface area contributed by atoms with Crippen molar-refractivity contribution in [2.75, 3.05) is 0 Å². The molecule has 2 atom stereocenters. The van der Waals surface area contributed by atoms with Crippen molar-refractivity contribution in [2.24, 2.45) is 0 Å². The Hall–Kier alpha value is -0.250. The molecule has 1 nitrogen and oxygen atoms in total. The van der Waals surface area contributed by atoms with Crippen LogP contribution in [0.1, 0.15) is 52.4 Å². The van der Waals surface area contributed by atoms with Gasteiger partial charge in [-0.3, -0.25) is 0 Å². The molecule has 90 valence electrons. The molecule has 0 bridgehead atoms. The van der Waals surface area contributed by atoms with Gasteiger partial charge < -0.3 is 4.74 Å². The van der Waals surface area contributed by atoms with E-state index in [-0.39, 0.29) is 12.5 Å². The molecule has 1 aliphatic heterocycles. The van der Waals surface area contributed by atoms with Gasteiger partial charge in [-0.25, -0.2) is 0 Å². The maximum Gasteiger partial charge on any atom is 0.417 e. The molecule has 4 heteroatoms. The molecule has 2 unspecified atom stereocenters. The van der Waals surface area contributed by atoms with E-state index in [0.717, 1.165) is 32.6 Å². The van der Waals surface area contributed by atoms with Gasteiger partial charge in [0, 0.05) is 0 Å². The molecule has 0 N–H and O–H groups in total. The van der Waals surface area contributed by atoms with E-state index < -0.39 is 11.8 Å². The fourth-order valence-electron chi connectivity index (χ4n) is 1.96. The molecular formula is C11H19F3O.